The molecule has 4 heteroatoms. The molecule has 0 saturated carbocycles. The van der Waals surface area contributed by atoms with Crippen molar-refractivity contribution in [2.75, 3.05) is 13.1 Å². The second-order valence-corrected chi connectivity index (χ2v) is 5.59. The van der Waals surface area contributed by atoms with Crippen LogP contribution in [0.15, 0.2) is 18.2 Å². The van der Waals surface area contributed by atoms with Gasteiger partial charge in [0.25, 0.3) is 5.91 Å². The molecule has 18 heavy (non-hydrogen) atoms. The van der Waals surface area contributed by atoms with Crippen molar-refractivity contribution in [3.05, 3.63) is 29.3 Å². The van der Waals surface area contributed by atoms with Crippen molar-refractivity contribution < 1.29 is 9.90 Å². The number of rotatable bonds is 1. The molecule has 2 unspecified atom stereocenters. The van der Waals surface area contributed by atoms with Crippen molar-refractivity contribution in [3.63, 3.8) is 0 Å². The number of piperidine rings is 1. The Morgan fingerprint density at radius 2 is 2.22 bits per heavy atom. The zero-order valence-electron chi connectivity index (χ0n) is 10.7. The van der Waals surface area contributed by atoms with E-state index in [2.05, 4.69) is 6.92 Å². The molecule has 1 N–H and O–H groups in total. The number of benzene rings is 1. The summed E-state index contributed by atoms with van der Waals surface area (Å²) < 4.78 is 0. The average Bonchev–Trinajstić information content (AvgIpc) is 2.32. The molecule has 1 heterocycles. The van der Waals surface area contributed by atoms with Crippen LogP contribution in [-0.4, -0.2) is 34.4 Å². The molecule has 0 radical (unpaired) electrons. The topological polar surface area (TPSA) is 40.5 Å². The zero-order valence-corrected chi connectivity index (χ0v) is 11.4. The summed E-state index contributed by atoms with van der Waals surface area (Å²) >= 11 is 6.22. The van der Waals surface area contributed by atoms with E-state index in [9.17, 15) is 9.90 Å². The lowest BCUT2D eigenvalue weighted by Gasteiger charge is -2.34. The van der Waals surface area contributed by atoms with Gasteiger partial charge in [0.15, 0.2) is 0 Å². The minimum absolute atomic E-state index is 0.00468. The summed E-state index contributed by atoms with van der Waals surface area (Å²) in [4.78, 5) is 14.2. The summed E-state index contributed by atoms with van der Waals surface area (Å²) in [7, 11) is 0. The first-order chi connectivity index (χ1) is 8.49. The van der Waals surface area contributed by atoms with E-state index >= 15 is 0 Å². The van der Waals surface area contributed by atoms with E-state index in [0.29, 0.717) is 18.0 Å². The number of nitrogens with zero attached hydrogens (tertiary/aromatic N) is 1. The van der Waals surface area contributed by atoms with Gasteiger partial charge in [0, 0.05) is 18.7 Å². The van der Waals surface area contributed by atoms with Crippen LogP contribution in [0.1, 0.15) is 29.3 Å². The van der Waals surface area contributed by atoms with Crippen LogP contribution in [0.4, 0.5) is 0 Å². The van der Waals surface area contributed by atoms with E-state index in [1.807, 2.05) is 6.92 Å². The molecule has 1 aromatic rings. The highest BCUT2D eigenvalue weighted by Gasteiger charge is 2.28. The van der Waals surface area contributed by atoms with Crippen molar-refractivity contribution in [3.8, 4) is 5.75 Å². The number of alkyl halides is 1. The lowest BCUT2D eigenvalue weighted by Crippen LogP contribution is -2.44. The van der Waals surface area contributed by atoms with Gasteiger partial charge in [-0.1, -0.05) is 6.92 Å². The largest absolute Gasteiger partial charge is 0.508 e. The first kappa shape index (κ1) is 13.2. The number of aromatic hydroxyl groups is 1. The third-order valence-electron chi connectivity index (χ3n) is 3.59. The van der Waals surface area contributed by atoms with Gasteiger partial charge in [0.1, 0.15) is 5.75 Å². The Morgan fingerprint density at radius 3 is 2.83 bits per heavy atom. The molecule has 2 rings (SSSR count). The van der Waals surface area contributed by atoms with Gasteiger partial charge in [-0.3, -0.25) is 4.79 Å². The molecular formula is C14H18ClNO2. The molecule has 1 amide bonds. The molecule has 2 atom stereocenters. The Kier molecular flexibility index (Phi) is 3.81. The predicted octanol–water partition coefficient (Wildman–Crippen LogP) is 2.79. The first-order valence-corrected chi connectivity index (χ1v) is 6.65. The monoisotopic (exact) mass is 267 g/mol. The highest BCUT2D eigenvalue weighted by molar-refractivity contribution is 6.21. The Labute approximate surface area is 112 Å². The maximum Gasteiger partial charge on any atom is 0.254 e. The number of amides is 1. The Morgan fingerprint density at radius 1 is 1.50 bits per heavy atom. The summed E-state index contributed by atoms with van der Waals surface area (Å²) in [6.07, 6.45) is 0.942. The quantitative estimate of drug-likeness (QED) is 0.795. The first-order valence-electron chi connectivity index (χ1n) is 6.22. The van der Waals surface area contributed by atoms with Gasteiger partial charge in [-0.05, 0) is 43.0 Å². The lowest BCUT2D eigenvalue weighted by atomic mass is 9.97. The van der Waals surface area contributed by atoms with Crippen LogP contribution in [-0.2, 0) is 0 Å². The van der Waals surface area contributed by atoms with Crippen molar-refractivity contribution >= 4 is 17.5 Å². The number of hydrogen-bond donors (Lipinski definition) is 1. The molecule has 1 aliphatic rings. The minimum atomic E-state index is 0.00468. The molecular weight excluding hydrogens is 250 g/mol. The van der Waals surface area contributed by atoms with Crippen molar-refractivity contribution in [1.29, 1.82) is 0 Å². The van der Waals surface area contributed by atoms with Crippen LogP contribution < -0.4 is 0 Å². The molecule has 0 aliphatic carbocycles. The van der Waals surface area contributed by atoms with Gasteiger partial charge in [-0.25, -0.2) is 0 Å². The molecule has 1 saturated heterocycles. The number of phenolic OH excluding ortho intramolecular Hbond substituents is 1. The van der Waals surface area contributed by atoms with E-state index in [4.69, 9.17) is 11.6 Å². The average molecular weight is 268 g/mol. The van der Waals surface area contributed by atoms with Gasteiger partial charge in [0.05, 0.1) is 5.38 Å². The van der Waals surface area contributed by atoms with Crippen LogP contribution in [0.25, 0.3) is 0 Å². The molecule has 1 aromatic carbocycles. The van der Waals surface area contributed by atoms with Gasteiger partial charge in [-0.15, -0.1) is 11.6 Å². The molecule has 98 valence electrons. The number of carbonyl (C=O) groups is 1. The van der Waals surface area contributed by atoms with Crippen LogP contribution >= 0.6 is 11.6 Å². The van der Waals surface area contributed by atoms with Gasteiger partial charge in [-0.2, -0.15) is 0 Å². The Bertz CT molecular complexity index is 461. The maximum absolute atomic E-state index is 12.4. The van der Waals surface area contributed by atoms with Crippen LogP contribution in [0.3, 0.4) is 0 Å². The van der Waals surface area contributed by atoms with Gasteiger partial charge < -0.3 is 10.0 Å². The van der Waals surface area contributed by atoms with Crippen molar-refractivity contribution in [1.82, 2.24) is 4.90 Å². The van der Waals surface area contributed by atoms with E-state index in [-0.39, 0.29) is 17.0 Å². The number of carbonyl (C=O) groups excluding carboxylic acids is 1. The predicted molar refractivity (Wildman–Crippen MR) is 72.2 cm³/mol. The summed E-state index contributed by atoms with van der Waals surface area (Å²) in [6, 6.07) is 4.83. The highest BCUT2D eigenvalue weighted by atomic mass is 35.5. The Balaban J connectivity index is 2.16. The number of halogens is 1. The second-order valence-electron chi connectivity index (χ2n) is 5.03. The lowest BCUT2D eigenvalue weighted by molar-refractivity contribution is 0.0700. The number of aryl methyl sites for hydroxylation is 1. The summed E-state index contributed by atoms with van der Waals surface area (Å²) in [5, 5.41) is 9.39. The van der Waals surface area contributed by atoms with E-state index in [0.717, 1.165) is 18.5 Å². The SMILES string of the molecule is Cc1cc(O)ccc1C(=O)N1CCC(C)C(Cl)C1. The standard InChI is InChI=1S/C14H18ClNO2/c1-9-5-6-16(8-13(9)15)14(18)12-4-3-11(17)7-10(12)2/h3-4,7,9,13,17H,5-6,8H2,1-2H3. The van der Waals surface area contributed by atoms with E-state index in [1.165, 1.54) is 0 Å². The highest BCUT2D eigenvalue weighted by Crippen LogP contribution is 2.24. The molecule has 0 bridgehead atoms. The fourth-order valence-electron chi connectivity index (χ4n) is 2.26. The third kappa shape index (κ3) is 2.61. The van der Waals surface area contributed by atoms with Gasteiger partial charge >= 0.3 is 0 Å². The van der Waals surface area contributed by atoms with Crippen molar-refractivity contribution in [2.24, 2.45) is 5.92 Å². The minimum Gasteiger partial charge on any atom is -0.508 e. The van der Waals surface area contributed by atoms with E-state index < -0.39 is 0 Å². The maximum atomic E-state index is 12.4. The fraction of sp³-hybridized carbons (Fsp3) is 0.500. The smallest absolute Gasteiger partial charge is 0.254 e. The molecule has 1 aliphatic heterocycles. The van der Waals surface area contributed by atoms with Gasteiger partial charge in [0.2, 0.25) is 0 Å². The zero-order chi connectivity index (χ0) is 13.3. The van der Waals surface area contributed by atoms with E-state index in [1.54, 1.807) is 23.1 Å². The van der Waals surface area contributed by atoms with Crippen LogP contribution in [0, 0.1) is 12.8 Å². The molecule has 3 nitrogen and oxygen atoms in total. The van der Waals surface area contributed by atoms with Crippen LogP contribution in [0.5, 0.6) is 5.75 Å². The Hall–Kier alpha value is -1.22. The number of hydrogen-bond acceptors (Lipinski definition) is 2. The normalized spacial score (nSPS) is 24.1. The summed E-state index contributed by atoms with van der Waals surface area (Å²) in [5.74, 6) is 0.646. The fourth-order valence-corrected chi connectivity index (χ4v) is 2.56. The molecule has 0 spiro atoms. The second kappa shape index (κ2) is 5.19. The molecule has 0 aromatic heterocycles. The molecule has 1 fully saturated rings. The summed E-state index contributed by atoms with van der Waals surface area (Å²) in [5.41, 5.74) is 1.44. The van der Waals surface area contributed by atoms with Crippen molar-refractivity contribution in [2.45, 2.75) is 25.6 Å². The summed E-state index contributed by atoms with van der Waals surface area (Å²) in [6.45, 7) is 5.30. The third-order valence-corrected chi connectivity index (χ3v) is 4.16. The number of likely N-dealkylation sites (tertiary alicyclic amines) is 1. The van der Waals surface area contributed by atoms with Crippen LogP contribution in [0.2, 0.25) is 0 Å². The number of phenols is 1.